The second-order valence-corrected chi connectivity index (χ2v) is 9.68. The highest BCUT2D eigenvalue weighted by Gasteiger charge is 2.50. The maximum absolute atomic E-state index is 12.6. The summed E-state index contributed by atoms with van der Waals surface area (Å²) in [6.45, 7) is 10.1. The Hall–Kier alpha value is -0.300. The SMILES string of the molecule is CCNC(=NCC1CCN(S(=O)(=O)C(F)(F)F)CC1)NCCC(C)(C)C.I. The van der Waals surface area contributed by atoms with Crippen molar-refractivity contribution in [1.82, 2.24) is 14.9 Å². The monoisotopic (exact) mass is 528 g/mol. The largest absolute Gasteiger partial charge is 0.511 e. The van der Waals surface area contributed by atoms with Gasteiger partial charge in [0.1, 0.15) is 0 Å². The predicted molar refractivity (Wildman–Crippen MR) is 113 cm³/mol. The van der Waals surface area contributed by atoms with E-state index >= 15 is 0 Å². The van der Waals surface area contributed by atoms with Gasteiger partial charge in [-0.3, -0.25) is 4.99 Å². The Morgan fingerprint density at radius 3 is 2.15 bits per heavy atom. The van der Waals surface area contributed by atoms with Crippen LogP contribution in [0, 0.1) is 11.3 Å². The Labute approximate surface area is 177 Å². The number of sulfonamides is 1. The van der Waals surface area contributed by atoms with Crippen molar-refractivity contribution in [2.45, 2.75) is 52.5 Å². The van der Waals surface area contributed by atoms with Crippen LogP contribution in [0.4, 0.5) is 13.2 Å². The van der Waals surface area contributed by atoms with Crippen LogP contribution in [0.1, 0.15) is 47.0 Å². The summed E-state index contributed by atoms with van der Waals surface area (Å²) in [5.41, 5.74) is -5.02. The zero-order valence-corrected chi connectivity index (χ0v) is 19.5. The van der Waals surface area contributed by atoms with Crippen LogP contribution in [0.25, 0.3) is 0 Å². The number of aliphatic imine (C=N–C) groups is 1. The Morgan fingerprint density at radius 1 is 1.15 bits per heavy atom. The number of nitrogens with one attached hydrogen (secondary N) is 2. The van der Waals surface area contributed by atoms with Gasteiger partial charge in [0.25, 0.3) is 0 Å². The second-order valence-electron chi connectivity index (χ2n) is 7.75. The van der Waals surface area contributed by atoms with Crippen molar-refractivity contribution in [2.24, 2.45) is 16.3 Å². The fourth-order valence-electron chi connectivity index (χ4n) is 2.60. The van der Waals surface area contributed by atoms with E-state index in [0.29, 0.717) is 36.2 Å². The fraction of sp³-hybridized carbons (Fsp3) is 0.938. The van der Waals surface area contributed by atoms with E-state index in [1.807, 2.05) is 6.92 Å². The van der Waals surface area contributed by atoms with Gasteiger partial charge in [0.05, 0.1) is 0 Å². The van der Waals surface area contributed by atoms with Gasteiger partial charge in [-0.05, 0) is 37.5 Å². The minimum absolute atomic E-state index is 0. The van der Waals surface area contributed by atoms with Gasteiger partial charge in [0, 0.05) is 32.7 Å². The standard InChI is InChI=1S/C16H31F3N4O2S.HI/c1-5-20-14(21-9-8-15(2,3)4)22-12-13-6-10-23(11-7-13)26(24,25)16(17,18)19;/h13H,5-12H2,1-4H3,(H2,20,21,22);1H. The van der Waals surface area contributed by atoms with Crippen molar-refractivity contribution in [3.05, 3.63) is 0 Å². The van der Waals surface area contributed by atoms with Gasteiger partial charge >= 0.3 is 15.5 Å². The molecule has 0 aliphatic carbocycles. The number of guanidine groups is 1. The molecule has 0 saturated carbocycles. The first-order chi connectivity index (χ1) is 11.9. The molecule has 0 atom stereocenters. The predicted octanol–water partition coefficient (Wildman–Crippen LogP) is 3.16. The molecule has 11 heteroatoms. The third kappa shape index (κ3) is 9.16. The third-order valence-corrected chi connectivity index (χ3v) is 5.86. The van der Waals surface area contributed by atoms with Gasteiger partial charge in [-0.1, -0.05) is 20.8 Å². The highest BCUT2D eigenvalue weighted by Crippen LogP contribution is 2.30. The summed E-state index contributed by atoms with van der Waals surface area (Å²) < 4.78 is 61.1. The normalized spacial score (nSPS) is 18.1. The number of hydrogen-bond acceptors (Lipinski definition) is 3. The minimum atomic E-state index is -5.23. The van der Waals surface area contributed by atoms with E-state index in [4.69, 9.17) is 0 Å². The molecule has 0 bridgehead atoms. The van der Waals surface area contributed by atoms with Gasteiger partial charge in [-0.2, -0.15) is 17.5 Å². The fourth-order valence-corrected chi connectivity index (χ4v) is 3.58. The van der Waals surface area contributed by atoms with Crippen LogP contribution in [0.3, 0.4) is 0 Å². The molecule has 0 unspecified atom stereocenters. The maximum atomic E-state index is 12.6. The highest BCUT2D eigenvalue weighted by molar-refractivity contribution is 14.0. The molecule has 27 heavy (non-hydrogen) atoms. The van der Waals surface area contributed by atoms with Crippen molar-refractivity contribution in [3.63, 3.8) is 0 Å². The molecular weight excluding hydrogens is 496 g/mol. The average molecular weight is 528 g/mol. The highest BCUT2D eigenvalue weighted by atomic mass is 127. The molecule has 162 valence electrons. The lowest BCUT2D eigenvalue weighted by Crippen LogP contribution is -2.45. The van der Waals surface area contributed by atoms with Crippen molar-refractivity contribution >= 4 is 40.0 Å². The molecule has 0 aromatic heterocycles. The molecule has 0 aromatic carbocycles. The van der Waals surface area contributed by atoms with Gasteiger partial charge in [-0.25, -0.2) is 8.42 Å². The Bertz CT molecular complexity index is 569. The van der Waals surface area contributed by atoms with E-state index in [1.54, 1.807) is 0 Å². The Morgan fingerprint density at radius 2 is 1.70 bits per heavy atom. The number of halogens is 4. The molecule has 0 radical (unpaired) electrons. The van der Waals surface area contributed by atoms with Gasteiger partial charge < -0.3 is 10.6 Å². The number of alkyl halides is 3. The zero-order chi connectivity index (χ0) is 20.0. The lowest BCUT2D eigenvalue weighted by molar-refractivity contribution is -0.0496. The van der Waals surface area contributed by atoms with Crippen LogP contribution in [-0.4, -0.2) is 56.9 Å². The summed E-state index contributed by atoms with van der Waals surface area (Å²) >= 11 is 0. The number of nitrogens with zero attached hydrogens (tertiary/aromatic N) is 2. The molecule has 0 aromatic rings. The molecule has 0 amide bonds. The Kier molecular flexibility index (Phi) is 10.9. The lowest BCUT2D eigenvalue weighted by Gasteiger charge is -2.31. The topological polar surface area (TPSA) is 73.8 Å². The summed E-state index contributed by atoms with van der Waals surface area (Å²) in [6, 6.07) is 0. The van der Waals surface area contributed by atoms with E-state index in [0.717, 1.165) is 13.0 Å². The molecule has 0 spiro atoms. The molecule has 1 saturated heterocycles. The van der Waals surface area contributed by atoms with Crippen molar-refractivity contribution in [2.75, 3.05) is 32.7 Å². The van der Waals surface area contributed by atoms with Gasteiger partial charge in [0.15, 0.2) is 5.96 Å². The number of hydrogen-bond donors (Lipinski definition) is 2. The molecule has 1 heterocycles. The van der Waals surface area contributed by atoms with Crippen molar-refractivity contribution in [1.29, 1.82) is 0 Å². The molecule has 1 rings (SSSR count). The van der Waals surface area contributed by atoms with Gasteiger partial charge in [0.2, 0.25) is 0 Å². The number of rotatable bonds is 6. The molecule has 1 aliphatic rings. The Balaban J connectivity index is 0.00000676. The molecule has 6 nitrogen and oxygen atoms in total. The van der Waals surface area contributed by atoms with E-state index in [9.17, 15) is 21.6 Å². The van der Waals surface area contributed by atoms with Crippen LogP contribution in [0.15, 0.2) is 4.99 Å². The first-order valence-electron chi connectivity index (χ1n) is 8.95. The lowest BCUT2D eigenvalue weighted by atomic mass is 9.92. The molecule has 1 aliphatic heterocycles. The summed E-state index contributed by atoms with van der Waals surface area (Å²) in [4.78, 5) is 4.50. The summed E-state index contributed by atoms with van der Waals surface area (Å²) in [5, 5.41) is 6.40. The zero-order valence-electron chi connectivity index (χ0n) is 16.4. The summed E-state index contributed by atoms with van der Waals surface area (Å²) in [5.74, 6) is 0.759. The molecule has 2 N–H and O–H groups in total. The van der Waals surface area contributed by atoms with Crippen molar-refractivity contribution < 1.29 is 21.6 Å². The molecular formula is C16H32F3IN4O2S. The van der Waals surface area contributed by atoms with E-state index in [1.165, 1.54) is 0 Å². The van der Waals surface area contributed by atoms with Crippen LogP contribution < -0.4 is 10.6 Å². The summed E-state index contributed by atoms with van der Waals surface area (Å²) in [6.07, 6.45) is 1.73. The first kappa shape index (κ1) is 26.7. The smallest absolute Gasteiger partial charge is 0.357 e. The van der Waals surface area contributed by atoms with E-state index in [2.05, 4.69) is 36.4 Å². The van der Waals surface area contributed by atoms with E-state index < -0.39 is 15.5 Å². The van der Waals surface area contributed by atoms with Crippen LogP contribution in [-0.2, 0) is 10.0 Å². The second kappa shape index (κ2) is 11.0. The summed E-state index contributed by atoms with van der Waals surface area (Å²) in [7, 11) is -5.22. The number of piperidine rings is 1. The van der Waals surface area contributed by atoms with Crippen LogP contribution in [0.5, 0.6) is 0 Å². The van der Waals surface area contributed by atoms with Crippen molar-refractivity contribution in [3.8, 4) is 0 Å². The quantitative estimate of drug-likeness (QED) is 0.316. The molecule has 1 fully saturated rings. The minimum Gasteiger partial charge on any atom is -0.357 e. The first-order valence-corrected chi connectivity index (χ1v) is 10.4. The van der Waals surface area contributed by atoms with E-state index in [-0.39, 0.29) is 48.4 Å². The van der Waals surface area contributed by atoms with Crippen LogP contribution in [0.2, 0.25) is 0 Å². The third-order valence-electron chi connectivity index (χ3n) is 4.23. The maximum Gasteiger partial charge on any atom is 0.511 e. The van der Waals surface area contributed by atoms with Gasteiger partial charge in [-0.15, -0.1) is 24.0 Å². The van der Waals surface area contributed by atoms with Crippen LogP contribution >= 0.6 is 24.0 Å². The average Bonchev–Trinajstić information content (AvgIpc) is 2.50.